The monoisotopic (exact) mass is 353 g/mol. The van der Waals surface area contributed by atoms with Crippen LogP contribution in [0.1, 0.15) is 28.8 Å². The molecule has 0 fully saturated rings. The summed E-state index contributed by atoms with van der Waals surface area (Å²) in [7, 11) is 1.87. The molecule has 0 saturated carbocycles. The molecule has 134 valence electrons. The van der Waals surface area contributed by atoms with Crippen molar-refractivity contribution in [2.24, 2.45) is 0 Å². The molecule has 0 aliphatic rings. The molecule has 26 heavy (non-hydrogen) atoms. The number of nitrogens with zero attached hydrogens (tertiary/aromatic N) is 1. The van der Waals surface area contributed by atoms with E-state index >= 15 is 0 Å². The van der Waals surface area contributed by atoms with Gasteiger partial charge in [-0.15, -0.1) is 0 Å². The topological polar surface area (TPSA) is 23.5 Å². The third kappa shape index (κ3) is 4.15. The van der Waals surface area contributed by atoms with Crippen LogP contribution in [0, 0.1) is 11.6 Å². The lowest BCUT2D eigenvalue weighted by Gasteiger charge is -2.31. The van der Waals surface area contributed by atoms with E-state index in [2.05, 4.69) is 0 Å². The van der Waals surface area contributed by atoms with E-state index in [-0.39, 0.29) is 24.0 Å². The normalized spacial score (nSPS) is 13.6. The van der Waals surface area contributed by atoms with E-state index in [0.29, 0.717) is 0 Å². The molecule has 0 heterocycles. The summed E-state index contributed by atoms with van der Waals surface area (Å²) in [6.45, 7) is 0.234. The van der Waals surface area contributed by atoms with Gasteiger partial charge in [-0.2, -0.15) is 0 Å². The molecule has 2 nitrogen and oxygen atoms in total. The molecular formula is C22H21F2NO. The standard InChI is InChI=1S/C22H21F2NO/c1-25(15-21(26)19-9-5-6-10-20(19)24)22(16-7-3-2-4-8-16)17-11-13-18(23)14-12-17/h2-14,21-22,26H,15H2,1H3. The Bertz CT molecular complexity index is 836. The molecule has 2 atom stereocenters. The third-order valence-corrected chi connectivity index (χ3v) is 4.47. The molecule has 1 N–H and O–H groups in total. The highest BCUT2D eigenvalue weighted by Crippen LogP contribution is 2.29. The van der Waals surface area contributed by atoms with Gasteiger partial charge in [-0.05, 0) is 36.4 Å². The van der Waals surface area contributed by atoms with Crippen molar-refractivity contribution in [2.75, 3.05) is 13.6 Å². The summed E-state index contributed by atoms with van der Waals surface area (Å²) in [5, 5.41) is 10.5. The number of hydrogen-bond donors (Lipinski definition) is 1. The summed E-state index contributed by atoms with van der Waals surface area (Å²) in [6, 6.07) is 22.1. The molecule has 4 heteroatoms. The number of hydrogen-bond acceptors (Lipinski definition) is 2. The average Bonchev–Trinajstić information content (AvgIpc) is 2.65. The molecule has 0 bridgehead atoms. The highest BCUT2D eigenvalue weighted by molar-refractivity contribution is 5.32. The van der Waals surface area contributed by atoms with Gasteiger partial charge in [0.25, 0.3) is 0 Å². The molecule has 0 spiro atoms. The first-order chi connectivity index (χ1) is 12.6. The van der Waals surface area contributed by atoms with Crippen LogP contribution in [-0.2, 0) is 0 Å². The third-order valence-electron chi connectivity index (χ3n) is 4.47. The lowest BCUT2D eigenvalue weighted by molar-refractivity contribution is 0.110. The minimum atomic E-state index is -0.965. The van der Waals surface area contributed by atoms with Gasteiger partial charge in [-0.25, -0.2) is 8.78 Å². The van der Waals surface area contributed by atoms with Crippen LogP contribution >= 0.6 is 0 Å². The second-order valence-corrected chi connectivity index (χ2v) is 6.34. The molecule has 0 aliphatic heterocycles. The summed E-state index contributed by atoms with van der Waals surface area (Å²) in [5.74, 6) is -0.721. The van der Waals surface area contributed by atoms with Crippen molar-refractivity contribution < 1.29 is 13.9 Å². The Morgan fingerprint density at radius 3 is 2.04 bits per heavy atom. The van der Waals surface area contributed by atoms with Gasteiger partial charge in [0.1, 0.15) is 11.6 Å². The maximum absolute atomic E-state index is 14.0. The van der Waals surface area contributed by atoms with Crippen molar-refractivity contribution in [3.05, 3.63) is 107 Å². The Balaban J connectivity index is 1.89. The average molecular weight is 353 g/mol. The summed E-state index contributed by atoms with van der Waals surface area (Å²) in [5.41, 5.74) is 2.19. The number of benzene rings is 3. The maximum atomic E-state index is 14.0. The Morgan fingerprint density at radius 1 is 0.808 bits per heavy atom. The van der Waals surface area contributed by atoms with Crippen LogP contribution < -0.4 is 0 Å². The van der Waals surface area contributed by atoms with Crippen LogP contribution in [-0.4, -0.2) is 23.6 Å². The van der Waals surface area contributed by atoms with E-state index in [9.17, 15) is 13.9 Å². The Morgan fingerprint density at radius 2 is 1.38 bits per heavy atom. The first kappa shape index (κ1) is 18.2. The van der Waals surface area contributed by atoms with Crippen LogP contribution in [0.25, 0.3) is 0 Å². The number of likely N-dealkylation sites (N-methyl/N-ethyl adjacent to an activating group) is 1. The molecule has 0 saturated heterocycles. The highest BCUT2D eigenvalue weighted by Gasteiger charge is 2.23. The van der Waals surface area contributed by atoms with Gasteiger partial charge in [-0.3, -0.25) is 4.90 Å². The predicted molar refractivity (Wildman–Crippen MR) is 98.7 cm³/mol. The zero-order valence-corrected chi connectivity index (χ0v) is 14.5. The van der Waals surface area contributed by atoms with Crippen molar-refractivity contribution >= 4 is 0 Å². The summed E-state index contributed by atoms with van der Waals surface area (Å²) in [4.78, 5) is 1.94. The first-order valence-corrected chi connectivity index (χ1v) is 8.49. The van der Waals surface area contributed by atoms with Crippen molar-refractivity contribution in [2.45, 2.75) is 12.1 Å². The fraction of sp³-hybridized carbons (Fsp3) is 0.182. The largest absolute Gasteiger partial charge is 0.387 e. The van der Waals surface area contributed by atoms with Crippen molar-refractivity contribution in [3.8, 4) is 0 Å². The zero-order valence-electron chi connectivity index (χ0n) is 14.5. The Hall–Kier alpha value is -2.56. The van der Waals surface area contributed by atoms with Crippen molar-refractivity contribution in [1.29, 1.82) is 0 Å². The predicted octanol–water partition coefficient (Wildman–Crippen LogP) is 4.72. The Labute approximate surface area is 152 Å². The molecule has 0 aliphatic carbocycles. The number of halogens is 2. The summed E-state index contributed by atoms with van der Waals surface area (Å²) in [6.07, 6.45) is -0.965. The fourth-order valence-electron chi connectivity index (χ4n) is 3.20. The van der Waals surface area contributed by atoms with Crippen molar-refractivity contribution in [1.82, 2.24) is 4.90 Å². The first-order valence-electron chi connectivity index (χ1n) is 8.49. The highest BCUT2D eigenvalue weighted by atomic mass is 19.1. The van der Waals surface area contributed by atoms with Crippen LogP contribution in [0.15, 0.2) is 78.9 Å². The molecule has 3 rings (SSSR count). The minimum Gasteiger partial charge on any atom is -0.387 e. The molecule has 2 unspecified atom stereocenters. The van der Waals surface area contributed by atoms with E-state index in [4.69, 9.17) is 0 Å². The van der Waals surface area contributed by atoms with Gasteiger partial charge in [0, 0.05) is 12.1 Å². The van der Waals surface area contributed by atoms with Crippen molar-refractivity contribution in [3.63, 3.8) is 0 Å². The van der Waals surface area contributed by atoms with Gasteiger partial charge in [0.15, 0.2) is 0 Å². The van der Waals surface area contributed by atoms with Crippen LogP contribution in [0.5, 0.6) is 0 Å². The number of rotatable bonds is 6. The quantitative estimate of drug-likeness (QED) is 0.693. The number of aliphatic hydroxyl groups excluding tert-OH is 1. The smallest absolute Gasteiger partial charge is 0.129 e. The number of aliphatic hydroxyl groups is 1. The zero-order chi connectivity index (χ0) is 18.5. The summed E-state index contributed by atoms with van der Waals surface area (Å²) >= 11 is 0. The second kappa shape index (κ2) is 8.21. The molecule has 0 radical (unpaired) electrons. The van der Waals surface area contributed by atoms with E-state index in [0.717, 1.165) is 11.1 Å². The van der Waals surface area contributed by atoms with E-state index in [1.54, 1.807) is 30.3 Å². The SMILES string of the molecule is CN(CC(O)c1ccccc1F)C(c1ccccc1)c1ccc(F)cc1. The molecule has 0 aromatic heterocycles. The summed E-state index contributed by atoms with van der Waals surface area (Å²) < 4.78 is 27.3. The van der Waals surface area contributed by atoms with E-state index in [1.807, 2.05) is 42.3 Å². The van der Waals surface area contributed by atoms with Crippen LogP contribution in [0.2, 0.25) is 0 Å². The lowest BCUT2D eigenvalue weighted by Crippen LogP contribution is -2.30. The van der Waals surface area contributed by atoms with E-state index in [1.165, 1.54) is 18.2 Å². The van der Waals surface area contributed by atoms with E-state index < -0.39 is 11.9 Å². The van der Waals surface area contributed by atoms with Gasteiger partial charge < -0.3 is 5.11 Å². The van der Waals surface area contributed by atoms with Crippen LogP contribution in [0.3, 0.4) is 0 Å². The van der Waals surface area contributed by atoms with Gasteiger partial charge in [0.05, 0.1) is 12.1 Å². The molecule has 3 aromatic carbocycles. The molecule has 0 amide bonds. The Kier molecular flexibility index (Phi) is 5.76. The second-order valence-electron chi connectivity index (χ2n) is 6.34. The lowest BCUT2D eigenvalue weighted by atomic mass is 9.96. The molecular weight excluding hydrogens is 332 g/mol. The minimum absolute atomic E-state index is 0.182. The van der Waals surface area contributed by atoms with Gasteiger partial charge >= 0.3 is 0 Å². The fourth-order valence-corrected chi connectivity index (χ4v) is 3.20. The van der Waals surface area contributed by atoms with Crippen LogP contribution in [0.4, 0.5) is 8.78 Å². The maximum Gasteiger partial charge on any atom is 0.129 e. The van der Waals surface area contributed by atoms with Gasteiger partial charge in [-0.1, -0.05) is 60.7 Å². The van der Waals surface area contributed by atoms with Gasteiger partial charge in [0.2, 0.25) is 0 Å². The molecule has 3 aromatic rings.